The molecule has 0 unspecified atom stereocenters. The number of halogens is 2. The summed E-state index contributed by atoms with van der Waals surface area (Å²) in [5.41, 5.74) is 0.434. The molecule has 0 amide bonds. The second-order valence-corrected chi connectivity index (χ2v) is 5.22. The predicted octanol–water partition coefficient (Wildman–Crippen LogP) is 3.43. The minimum Gasteiger partial charge on any atom is -0.415 e. The predicted molar refractivity (Wildman–Crippen MR) is 84.6 cm³/mol. The van der Waals surface area contributed by atoms with Crippen LogP contribution in [0.1, 0.15) is 10.4 Å². The van der Waals surface area contributed by atoms with Crippen LogP contribution in [-0.4, -0.2) is 18.2 Å². The van der Waals surface area contributed by atoms with E-state index in [4.69, 9.17) is 21.1 Å². The molecule has 7 heteroatoms. The van der Waals surface area contributed by atoms with Crippen LogP contribution < -0.4 is 5.32 Å². The number of carbonyl (C=O) groups is 2. The quantitative estimate of drug-likeness (QED) is 0.858. The van der Waals surface area contributed by atoms with Crippen LogP contribution in [-0.2, 0) is 14.3 Å². The minimum atomic E-state index is -1.38. The fourth-order valence-corrected chi connectivity index (χ4v) is 2.26. The molecule has 0 spiro atoms. The standard InChI is InChI=1S/C17H11ClFNO4/c18-13-14(20-10-6-2-1-3-7-10)17(24-16(13)22)23-15(21)11-8-4-5-9-12(11)19/h1-9,17,20H/t17-/m1/s1. The Kier molecular flexibility index (Phi) is 4.48. The smallest absolute Gasteiger partial charge is 0.355 e. The number of hydrogen-bond donors (Lipinski definition) is 1. The number of anilines is 1. The molecule has 0 aromatic heterocycles. The van der Waals surface area contributed by atoms with Gasteiger partial charge in [0.15, 0.2) is 5.03 Å². The van der Waals surface area contributed by atoms with Crippen molar-refractivity contribution in [3.8, 4) is 0 Å². The van der Waals surface area contributed by atoms with Crippen LogP contribution in [0.2, 0.25) is 0 Å². The summed E-state index contributed by atoms with van der Waals surface area (Å²) < 4.78 is 23.6. The minimum absolute atomic E-state index is 0.0811. The molecule has 24 heavy (non-hydrogen) atoms. The maximum Gasteiger partial charge on any atom is 0.355 e. The van der Waals surface area contributed by atoms with Gasteiger partial charge in [-0.3, -0.25) is 0 Å². The number of para-hydroxylation sites is 1. The van der Waals surface area contributed by atoms with E-state index >= 15 is 0 Å². The number of rotatable bonds is 4. The van der Waals surface area contributed by atoms with E-state index in [-0.39, 0.29) is 16.3 Å². The molecular formula is C17H11ClFNO4. The molecule has 1 heterocycles. The molecule has 5 nitrogen and oxygen atoms in total. The molecular weight excluding hydrogens is 337 g/mol. The first-order valence-corrected chi connectivity index (χ1v) is 7.32. The Balaban J connectivity index is 1.81. The van der Waals surface area contributed by atoms with E-state index in [9.17, 15) is 14.0 Å². The van der Waals surface area contributed by atoms with Gasteiger partial charge in [0, 0.05) is 5.69 Å². The highest BCUT2D eigenvalue weighted by atomic mass is 35.5. The second kappa shape index (κ2) is 6.72. The third-order valence-electron chi connectivity index (χ3n) is 3.23. The lowest BCUT2D eigenvalue weighted by Crippen LogP contribution is -2.24. The lowest BCUT2D eigenvalue weighted by molar-refractivity contribution is -0.152. The third kappa shape index (κ3) is 3.23. The molecule has 122 valence electrons. The molecule has 0 saturated carbocycles. The summed E-state index contributed by atoms with van der Waals surface area (Å²) >= 11 is 5.91. The van der Waals surface area contributed by atoms with Gasteiger partial charge in [-0.2, -0.15) is 0 Å². The highest BCUT2D eigenvalue weighted by Gasteiger charge is 2.37. The van der Waals surface area contributed by atoms with Crippen LogP contribution in [0.15, 0.2) is 65.3 Å². The van der Waals surface area contributed by atoms with E-state index in [1.165, 1.54) is 18.2 Å². The Labute approximate surface area is 141 Å². The molecule has 1 aliphatic heterocycles. The molecule has 1 aliphatic rings. The summed E-state index contributed by atoms with van der Waals surface area (Å²) in [7, 11) is 0. The monoisotopic (exact) mass is 347 g/mol. The fraction of sp³-hybridized carbons (Fsp3) is 0.0588. The summed E-state index contributed by atoms with van der Waals surface area (Å²) in [5, 5.41) is 2.64. The van der Waals surface area contributed by atoms with Crippen molar-refractivity contribution in [2.45, 2.75) is 6.29 Å². The molecule has 1 atom stereocenters. The summed E-state index contributed by atoms with van der Waals surface area (Å²) in [6.45, 7) is 0. The lowest BCUT2D eigenvalue weighted by Gasteiger charge is -2.16. The molecule has 2 aromatic carbocycles. The summed E-state index contributed by atoms with van der Waals surface area (Å²) in [6, 6.07) is 14.2. The van der Waals surface area contributed by atoms with Crippen molar-refractivity contribution in [2.75, 3.05) is 5.32 Å². The Morgan fingerprint density at radius 2 is 1.79 bits per heavy atom. The highest BCUT2D eigenvalue weighted by Crippen LogP contribution is 2.28. The molecule has 0 aliphatic carbocycles. The summed E-state index contributed by atoms with van der Waals surface area (Å²) in [5.74, 6) is -2.54. The largest absolute Gasteiger partial charge is 0.415 e. The van der Waals surface area contributed by atoms with E-state index in [1.807, 2.05) is 6.07 Å². The number of carbonyl (C=O) groups excluding carboxylic acids is 2. The Hall–Kier alpha value is -2.86. The van der Waals surface area contributed by atoms with E-state index in [1.54, 1.807) is 24.3 Å². The number of hydrogen-bond acceptors (Lipinski definition) is 5. The number of esters is 2. The van der Waals surface area contributed by atoms with Gasteiger partial charge in [0.05, 0.1) is 5.56 Å². The van der Waals surface area contributed by atoms with Crippen molar-refractivity contribution in [1.29, 1.82) is 0 Å². The van der Waals surface area contributed by atoms with Gasteiger partial charge in [0.2, 0.25) is 0 Å². The number of ether oxygens (including phenoxy) is 2. The van der Waals surface area contributed by atoms with Crippen LogP contribution >= 0.6 is 11.6 Å². The van der Waals surface area contributed by atoms with Gasteiger partial charge in [0.25, 0.3) is 6.29 Å². The van der Waals surface area contributed by atoms with Crippen molar-refractivity contribution in [3.05, 3.63) is 76.7 Å². The average Bonchev–Trinajstić information content (AvgIpc) is 2.84. The summed E-state index contributed by atoms with van der Waals surface area (Å²) in [6.07, 6.45) is -1.38. The first-order valence-electron chi connectivity index (χ1n) is 6.94. The van der Waals surface area contributed by atoms with Crippen molar-refractivity contribution in [3.63, 3.8) is 0 Å². The van der Waals surface area contributed by atoms with E-state index < -0.39 is 24.0 Å². The van der Waals surface area contributed by atoms with Gasteiger partial charge in [-0.15, -0.1) is 0 Å². The Bertz CT molecular complexity index is 822. The van der Waals surface area contributed by atoms with E-state index in [0.717, 1.165) is 6.07 Å². The van der Waals surface area contributed by atoms with Crippen molar-refractivity contribution >= 4 is 29.2 Å². The van der Waals surface area contributed by atoms with Gasteiger partial charge in [-0.25, -0.2) is 14.0 Å². The fourth-order valence-electron chi connectivity index (χ4n) is 2.08. The Morgan fingerprint density at radius 3 is 2.50 bits per heavy atom. The van der Waals surface area contributed by atoms with Crippen LogP contribution in [0.3, 0.4) is 0 Å². The van der Waals surface area contributed by atoms with Gasteiger partial charge in [-0.1, -0.05) is 41.9 Å². The maximum absolute atomic E-state index is 13.6. The molecule has 1 N–H and O–H groups in total. The molecule has 3 rings (SSSR count). The zero-order valence-corrected chi connectivity index (χ0v) is 12.9. The van der Waals surface area contributed by atoms with Crippen molar-refractivity contribution < 1.29 is 23.5 Å². The van der Waals surface area contributed by atoms with Gasteiger partial charge in [-0.05, 0) is 24.3 Å². The third-order valence-corrected chi connectivity index (χ3v) is 3.58. The molecule has 2 aromatic rings. The van der Waals surface area contributed by atoms with Crippen LogP contribution in [0, 0.1) is 5.82 Å². The van der Waals surface area contributed by atoms with Crippen LogP contribution in [0.4, 0.5) is 10.1 Å². The van der Waals surface area contributed by atoms with Crippen LogP contribution in [0.25, 0.3) is 0 Å². The first kappa shape index (κ1) is 16.0. The molecule has 0 saturated heterocycles. The molecule has 0 fully saturated rings. The molecule has 0 radical (unpaired) electrons. The topological polar surface area (TPSA) is 64.6 Å². The zero-order chi connectivity index (χ0) is 17.1. The van der Waals surface area contributed by atoms with E-state index in [0.29, 0.717) is 5.69 Å². The number of nitrogens with one attached hydrogen (secondary N) is 1. The van der Waals surface area contributed by atoms with E-state index in [2.05, 4.69) is 5.32 Å². The highest BCUT2D eigenvalue weighted by molar-refractivity contribution is 6.42. The lowest BCUT2D eigenvalue weighted by atomic mass is 10.2. The number of benzene rings is 2. The zero-order valence-electron chi connectivity index (χ0n) is 12.2. The van der Waals surface area contributed by atoms with Gasteiger partial charge >= 0.3 is 11.9 Å². The average molecular weight is 348 g/mol. The van der Waals surface area contributed by atoms with Gasteiger partial charge < -0.3 is 14.8 Å². The SMILES string of the molecule is O=C1O[C@@H](OC(=O)c2ccccc2F)C(Nc2ccccc2)=C1Cl. The normalized spacial score (nSPS) is 16.8. The Morgan fingerprint density at radius 1 is 1.12 bits per heavy atom. The first-order chi connectivity index (χ1) is 11.6. The number of cyclic esters (lactones) is 1. The summed E-state index contributed by atoms with van der Waals surface area (Å²) in [4.78, 5) is 23.7. The second-order valence-electron chi connectivity index (χ2n) is 4.84. The van der Waals surface area contributed by atoms with Crippen molar-refractivity contribution in [1.82, 2.24) is 0 Å². The van der Waals surface area contributed by atoms with Crippen LogP contribution in [0.5, 0.6) is 0 Å². The maximum atomic E-state index is 13.6. The molecule has 0 bridgehead atoms. The van der Waals surface area contributed by atoms with Gasteiger partial charge in [0.1, 0.15) is 11.5 Å². The van der Waals surface area contributed by atoms with Crippen molar-refractivity contribution in [2.24, 2.45) is 0 Å².